The van der Waals surface area contributed by atoms with E-state index in [1.165, 1.54) is 0 Å². The SMILES string of the molecule is CC(C)(C)OC(=O)N1[C@@H]2COC[C@H]1CC(N)C2. The number of fused-ring (bicyclic) bond motifs is 2. The molecule has 1 amide bonds. The number of rotatable bonds is 0. The average molecular weight is 242 g/mol. The lowest BCUT2D eigenvalue weighted by atomic mass is 9.91. The molecule has 0 aromatic heterocycles. The minimum atomic E-state index is -0.453. The molecule has 0 radical (unpaired) electrons. The molecule has 0 saturated carbocycles. The second-order valence-corrected chi connectivity index (χ2v) is 5.96. The van der Waals surface area contributed by atoms with Gasteiger partial charge in [-0.1, -0.05) is 0 Å². The van der Waals surface area contributed by atoms with E-state index in [9.17, 15) is 4.79 Å². The van der Waals surface area contributed by atoms with Crippen LogP contribution in [0.3, 0.4) is 0 Å². The number of carbonyl (C=O) groups is 1. The summed E-state index contributed by atoms with van der Waals surface area (Å²) in [4.78, 5) is 14.0. The van der Waals surface area contributed by atoms with Crippen LogP contribution in [-0.4, -0.2) is 47.9 Å². The molecular weight excluding hydrogens is 220 g/mol. The van der Waals surface area contributed by atoms with E-state index < -0.39 is 5.60 Å². The van der Waals surface area contributed by atoms with Crippen LogP contribution >= 0.6 is 0 Å². The summed E-state index contributed by atoms with van der Waals surface area (Å²) in [5, 5.41) is 0. The maximum absolute atomic E-state index is 12.1. The lowest BCUT2D eigenvalue weighted by Gasteiger charge is -2.47. The van der Waals surface area contributed by atoms with E-state index in [1.807, 2.05) is 25.7 Å². The Bertz CT molecular complexity index is 287. The molecule has 2 bridgehead atoms. The average Bonchev–Trinajstić information content (AvgIpc) is 2.12. The number of morpholine rings is 1. The van der Waals surface area contributed by atoms with Crippen LogP contribution < -0.4 is 5.73 Å². The standard InChI is InChI=1S/C12H22N2O3/c1-12(2,3)17-11(15)14-9-4-8(13)5-10(14)7-16-6-9/h8-10H,4-7,13H2,1-3H3/t8?,9-,10+. The van der Waals surface area contributed by atoms with Gasteiger partial charge in [-0.3, -0.25) is 4.90 Å². The molecule has 3 atom stereocenters. The number of ether oxygens (including phenoxy) is 2. The van der Waals surface area contributed by atoms with Crippen molar-refractivity contribution in [2.45, 2.75) is 57.3 Å². The lowest BCUT2D eigenvalue weighted by Crippen LogP contribution is -2.62. The summed E-state index contributed by atoms with van der Waals surface area (Å²) in [6, 6.07) is 0.326. The van der Waals surface area contributed by atoms with E-state index in [2.05, 4.69) is 0 Å². The quantitative estimate of drug-likeness (QED) is 0.691. The zero-order chi connectivity index (χ0) is 12.6. The molecule has 0 aromatic rings. The largest absolute Gasteiger partial charge is 0.444 e. The molecule has 2 fully saturated rings. The highest BCUT2D eigenvalue weighted by Crippen LogP contribution is 2.28. The maximum atomic E-state index is 12.1. The van der Waals surface area contributed by atoms with Gasteiger partial charge in [0.15, 0.2) is 0 Å². The van der Waals surface area contributed by atoms with Crippen molar-refractivity contribution in [2.75, 3.05) is 13.2 Å². The molecule has 2 N–H and O–H groups in total. The van der Waals surface area contributed by atoms with E-state index in [-0.39, 0.29) is 24.2 Å². The van der Waals surface area contributed by atoms with E-state index >= 15 is 0 Å². The fourth-order valence-corrected chi connectivity index (χ4v) is 2.57. The monoisotopic (exact) mass is 242 g/mol. The highest BCUT2D eigenvalue weighted by atomic mass is 16.6. The van der Waals surface area contributed by atoms with Gasteiger partial charge in [-0.25, -0.2) is 4.79 Å². The summed E-state index contributed by atoms with van der Waals surface area (Å²) in [6.07, 6.45) is 1.37. The van der Waals surface area contributed by atoms with Gasteiger partial charge in [0.2, 0.25) is 0 Å². The third-order valence-corrected chi connectivity index (χ3v) is 3.16. The number of carbonyl (C=O) groups excluding carboxylic acids is 1. The van der Waals surface area contributed by atoms with Crippen LogP contribution in [0.4, 0.5) is 4.79 Å². The minimum absolute atomic E-state index is 0.0762. The summed E-state index contributed by atoms with van der Waals surface area (Å²) < 4.78 is 10.9. The third kappa shape index (κ3) is 2.90. The Labute approximate surface area is 102 Å². The van der Waals surface area contributed by atoms with Crippen LogP contribution in [0.15, 0.2) is 0 Å². The Morgan fingerprint density at radius 3 is 2.29 bits per heavy atom. The van der Waals surface area contributed by atoms with Crippen LogP contribution in [-0.2, 0) is 9.47 Å². The Balaban J connectivity index is 2.07. The van der Waals surface area contributed by atoms with Crippen LogP contribution in [0.5, 0.6) is 0 Å². The third-order valence-electron chi connectivity index (χ3n) is 3.16. The van der Waals surface area contributed by atoms with Crippen molar-refractivity contribution in [2.24, 2.45) is 5.73 Å². The van der Waals surface area contributed by atoms with Gasteiger partial charge in [0.25, 0.3) is 0 Å². The topological polar surface area (TPSA) is 64.8 Å². The number of hydrogen-bond donors (Lipinski definition) is 1. The molecule has 2 rings (SSSR count). The lowest BCUT2D eigenvalue weighted by molar-refractivity contribution is -0.0817. The maximum Gasteiger partial charge on any atom is 0.410 e. The Kier molecular flexibility index (Phi) is 3.32. The molecule has 0 aliphatic carbocycles. The van der Waals surface area contributed by atoms with E-state index in [0.29, 0.717) is 13.2 Å². The number of piperidine rings is 1. The zero-order valence-electron chi connectivity index (χ0n) is 10.8. The first-order valence-electron chi connectivity index (χ1n) is 6.21. The fraction of sp³-hybridized carbons (Fsp3) is 0.917. The summed E-state index contributed by atoms with van der Waals surface area (Å²) >= 11 is 0. The van der Waals surface area contributed by atoms with Gasteiger partial charge in [-0.15, -0.1) is 0 Å². The first-order valence-corrected chi connectivity index (χ1v) is 6.21. The summed E-state index contributed by atoms with van der Waals surface area (Å²) in [6.45, 7) is 6.79. The van der Waals surface area contributed by atoms with Crippen LogP contribution in [0.2, 0.25) is 0 Å². The van der Waals surface area contributed by atoms with Crippen LogP contribution in [0.1, 0.15) is 33.6 Å². The summed E-state index contributed by atoms with van der Waals surface area (Å²) in [7, 11) is 0. The molecule has 2 heterocycles. The molecule has 1 unspecified atom stereocenters. The minimum Gasteiger partial charge on any atom is -0.444 e. The molecule has 0 spiro atoms. The van der Waals surface area contributed by atoms with Gasteiger partial charge >= 0.3 is 6.09 Å². The first-order chi connectivity index (χ1) is 7.87. The second-order valence-electron chi connectivity index (χ2n) is 5.96. The molecule has 17 heavy (non-hydrogen) atoms. The van der Waals surface area contributed by atoms with Crippen LogP contribution in [0.25, 0.3) is 0 Å². The molecular formula is C12H22N2O3. The van der Waals surface area contributed by atoms with Crippen LogP contribution in [0, 0.1) is 0 Å². The van der Waals surface area contributed by atoms with E-state index in [0.717, 1.165) is 12.8 Å². The molecule has 0 aromatic carbocycles. The number of hydrogen-bond acceptors (Lipinski definition) is 4. The second kappa shape index (κ2) is 4.46. The van der Waals surface area contributed by atoms with Crippen molar-refractivity contribution in [3.63, 3.8) is 0 Å². The highest BCUT2D eigenvalue weighted by molar-refractivity contribution is 5.69. The zero-order valence-corrected chi connectivity index (χ0v) is 10.8. The summed E-state index contributed by atoms with van der Waals surface area (Å²) in [5.74, 6) is 0. The van der Waals surface area contributed by atoms with Crippen molar-refractivity contribution < 1.29 is 14.3 Å². The number of amides is 1. The van der Waals surface area contributed by atoms with Crippen molar-refractivity contribution in [3.05, 3.63) is 0 Å². The molecule has 2 aliphatic heterocycles. The van der Waals surface area contributed by atoms with Gasteiger partial charge in [0, 0.05) is 6.04 Å². The van der Waals surface area contributed by atoms with Gasteiger partial charge in [0.1, 0.15) is 5.60 Å². The summed E-state index contributed by atoms with van der Waals surface area (Å²) in [5.41, 5.74) is 5.53. The molecule has 98 valence electrons. The Morgan fingerprint density at radius 1 is 1.29 bits per heavy atom. The Morgan fingerprint density at radius 2 is 1.82 bits per heavy atom. The Hall–Kier alpha value is -0.810. The molecule has 2 aliphatic rings. The van der Waals surface area contributed by atoms with Crippen molar-refractivity contribution >= 4 is 6.09 Å². The predicted molar refractivity (Wildman–Crippen MR) is 63.7 cm³/mol. The number of nitrogens with zero attached hydrogens (tertiary/aromatic N) is 1. The normalized spacial score (nSPS) is 33.4. The van der Waals surface area contributed by atoms with Gasteiger partial charge < -0.3 is 15.2 Å². The molecule has 2 saturated heterocycles. The van der Waals surface area contributed by atoms with Crippen molar-refractivity contribution in [1.29, 1.82) is 0 Å². The van der Waals surface area contributed by atoms with Gasteiger partial charge in [-0.2, -0.15) is 0 Å². The van der Waals surface area contributed by atoms with Gasteiger partial charge in [0.05, 0.1) is 25.3 Å². The van der Waals surface area contributed by atoms with E-state index in [1.54, 1.807) is 0 Å². The number of nitrogens with two attached hydrogens (primary N) is 1. The van der Waals surface area contributed by atoms with Gasteiger partial charge in [-0.05, 0) is 33.6 Å². The van der Waals surface area contributed by atoms with E-state index in [4.69, 9.17) is 15.2 Å². The molecule has 5 nitrogen and oxygen atoms in total. The van der Waals surface area contributed by atoms with Crippen molar-refractivity contribution in [3.8, 4) is 0 Å². The van der Waals surface area contributed by atoms with Crippen molar-refractivity contribution in [1.82, 2.24) is 4.90 Å². The smallest absolute Gasteiger partial charge is 0.410 e. The first kappa shape index (κ1) is 12.6. The predicted octanol–water partition coefficient (Wildman–Crippen LogP) is 1.11. The highest BCUT2D eigenvalue weighted by Gasteiger charge is 2.42. The fourth-order valence-electron chi connectivity index (χ4n) is 2.57. The molecule has 5 heteroatoms.